The first-order valence-electron chi connectivity index (χ1n) is 7.25. The minimum absolute atomic E-state index is 0.0813. The smallest absolute Gasteiger partial charge is 0.254 e. The Morgan fingerprint density at radius 2 is 1.91 bits per heavy atom. The highest BCUT2D eigenvalue weighted by molar-refractivity contribution is 8.27. The van der Waals surface area contributed by atoms with Gasteiger partial charge in [0.25, 0.3) is 5.91 Å². The average molecular weight is 324 g/mol. The van der Waals surface area contributed by atoms with Gasteiger partial charge in [-0.15, -0.1) is 10.6 Å². The molecule has 0 saturated carbocycles. The van der Waals surface area contributed by atoms with Gasteiger partial charge in [0.1, 0.15) is 0 Å². The molecule has 2 aliphatic rings. The van der Waals surface area contributed by atoms with E-state index in [1.807, 2.05) is 0 Å². The summed E-state index contributed by atoms with van der Waals surface area (Å²) in [5.41, 5.74) is 1.13. The predicted molar refractivity (Wildman–Crippen MR) is 86.0 cm³/mol. The summed E-state index contributed by atoms with van der Waals surface area (Å²) in [6.45, 7) is 3.47. The van der Waals surface area contributed by atoms with Gasteiger partial charge in [0.2, 0.25) is 0 Å². The number of benzene rings is 1. The maximum atomic E-state index is 12.7. The van der Waals surface area contributed by atoms with Gasteiger partial charge in [0.15, 0.2) is 0 Å². The van der Waals surface area contributed by atoms with Crippen molar-refractivity contribution in [3.8, 4) is 0 Å². The van der Waals surface area contributed by atoms with Crippen molar-refractivity contribution in [2.75, 3.05) is 39.3 Å². The lowest BCUT2D eigenvalue weighted by Crippen LogP contribution is -2.49. The molecule has 2 aliphatic heterocycles. The van der Waals surface area contributed by atoms with Crippen molar-refractivity contribution in [1.29, 1.82) is 0 Å². The van der Waals surface area contributed by atoms with Crippen LogP contribution in [-0.4, -0.2) is 69.2 Å². The van der Waals surface area contributed by atoms with Crippen LogP contribution in [0.2, 0.25) is 0 Å². The summed E-state index contributed by atoms with van der Waals surface area (Å²) in [6, 6.07) is 5.07. The number of amides is 1. The molecule has 6 nitrogen and oxygen atoms in total. The van der Waals surface area contributed by atoms with Crippen LogP contribution in [0.25, 0.3) is 6.08 Å². The zero-order valence-corrected chi connectivity index (χ0v) is 13.0. The Bertz CT molecular complexity index is 610. The standard InChI is InChI=1S/C15H20N2O4S/c18-10-9-16-5-7-17(8-6-16)15(19)13-2-1-3-14-12(13)4-11-22(14,20)21/h1-4,11,18,20-21H,5-10H2. The second-order valence-corrected chi connectivity index (χ2v) is 7.37. The molecule has 0 spiro atoms. The van der Waals surface area contributed by atoms with Gasteiger partial charge in [-0.05, 0) is 18.2 Å². The number of hydrogen-bond donors (Lipinski definition) is 3. The van der Waals surface area contributed by atoms with Crippen molar-refractivity contribution >= 4 is 22.6 Å². The largest absolute Gasteiger partial charge is 0.395 e. The van der Waals surface area contributed by atoms with Gasteiger partial charge in [-0.25, -0.2) is 0 Å². The van der Waals surface area contributed by atoms with E-state index in [2.05, 4.69) is 4.90 Å². The topological polar surface area (TPSA) is 84.2 Å². The molecule has 7 heteroatoms. The van der Waals surface area contributed by atoms with Crippen LogP contribution in [-0.2, 0) is 0 Å². The van der Waals surface area contributed by atoms with Crippen molar-refractivity contribution < 1.29 is 19.0 Å². The molecule has 1 saturated heterocycles. The second-order valence-electron chi connectivity index (χ2n) is 5.47. The molecule has 0 aromatic heterocycles. The molecule has 0 bridgehead atoms. The molecular weight excluding hydrogens is 304 g/mol. The van der Waals surface area contributed by atoms with E-state index in [-0.39, 0.29) is 12.5 Å². The number of rotatable bonds is 3. The molecule has 120 valence electrons. The van der Waals surface area contributed by atoms with Crippen molar-refractivity contribution in [1.82, 2.24) is 9.80 Å². The first-order valence-corrected chi connectivity index (χ1v) is 8.86. The fourth-order valence-corrected chi connectivity index (χ4v) is 4.14. The summed E-state index contributed by atoms with van der Waals surface area (Å²) in [5, 5.41) is 10.3. The van der Waals surface area contributed by atoms with Crippen LogP contribution in [0.15, 0.2) is 28.5 Å². The van der Waals surface area contributed by atoms with Crippen LogP contribution in [0.5, 0.6) is 0 Å². The first kappa shape index (κ1) is 15.5. The van der Waals surface area contributed by atoms with Crippen LogP contribution >= 0.6 is 10.6 Å². The molecule has 0 aliphatic carbocycles. The van der Waals surface area contributed by atoms with Gasteiger partial charge >= 0.3 is 0 Å². The number of carbonyl (C=O) groups is 1. The van der Waals surface area contributed by atoms with Gasteiger partial charge in [-0.1, -0.05) is 6.07 Å². The first-order chi connectivity index (χ1) is 10.5. The Labute approximate surface area is 131 Å². The van der Waals surface area contributed by atoms with E-state index < -0.39 is 10.6 Å². The van der Waals surface area contributed by atoms with Crippen molar-refractivity contribution in [3.63, 3.8) is 0 Å². The number of fused-ring (bicyclic) bond motifs is 1. The SMILES string of the molecule is O=C(c1cccc2c1C=CS2(O)O)N1CCN(CCO)CC1. The molecule has 1 fully saturated rings. The Morgan fingerprint density at radius 1 is 1.18 bits per heavy atom. The number of aliphatic hydroxyl groups excluding tert-OH is 1. The highest BCUT2D eigenvalue weighted by Gasteiger charge is 2.28. The summed E-state index contributed by atoms with van der Waals surface area (Å²) in [7, 11) is -2.90. The maximum Gasteiger partial charge on any atom is 0.254 e. The summed E-state index contributed by atoms with van der Waals surface area (Å²) < 4.78 is 19.9. The van der Waals surface area contributed by atoms with Gasteiger partial charge in [-0.3, -0.25) is 18.8 Å². The lowest BCUT2D eigenvalue weighted by atomic mass is 10.1. The summed E-state index contributed by atoms with van der Waals surface area (Å²) >= 11 is 0. The highest BCUT2D eigenvalue weighted by atomic mass is 32.3. The van der Waals surface area contributed by atoms with Gasteiger partial charge in [0, 0.05) is 49.3 Å². The zero-order valence-electron chi connectivity index (χ0n) is 12.2. The normalized spacial score (nSPS) is 21.7. The Kier molecular flexibility index (Phi) is 4.24. The third-order valence-electron chi connectivity index (χ3n) is 4.12. The second kappa shape index (κ2) is 6.02. The monoisotopic (exact) mass is 324 g/mol. The highest BCUT2D eigenvalue weighted by Crippen LogP contribution is 2.56. The molecule has 0 radical (unpaired) electrons. The van der Waals surface area contributed by atoms with Crippen molar-refractivity contribution in [3.05, 3.63) is 34.7 Å². The van der Waals surface area contributed by atoms with Crippen LogP contribution < -0.4 is 0 Å². The van der Waals surface area contributed by atoms with Crippen molar-refractivity contribution in [2.24, 2.45) is 0 Å². The molecule has 22 heavy (non-hydrogen) atoms. The quantitative estimate of drug-likeness (QED) is 0.785. The summed E-state index contributed by atoms with van der Waals surface area (Å²) in [4.78, 5) is 17.0. The van der Waals surface area contributed by atoms with E-state index in [1.165, 1.54) is 5.41 Å². The number of nitrogens with zero attached hydrogens (tertiary/aromatic N) is 2. The molecule has 1 aromatic carbocycles. The number of hydrogen-bond acceptors (Lipinski definition) is 5. The van der Waals surface area contributed by atoms with Crippen LogP contribution in [0.1, 0.15) is 15.9 Å². The lowest BCUT2D eigenvalue weighted by Gasteiger charge is -2.34. The van der Waals surface area contributed by atoms with E-state index in [0.717, 1.165) is 13.1 Å². The minimum Gasteiger partial charge on any atom is -0.395 e. The fraction of sp³-hybridized carbons (Fsp3) is 0.400. The summed E-state index contributed by atoms with van der Waals surface area (Å²) in [5.74, 6) is -0.0813. The van der Waals surface area contributed by atoms with Gasteiger partial charge < -0.3 is 10.0 Å². The molecule has 1 amide bonds. The van der Waals surface area contributed by atoms with E-state index in [4.69, 9.17) is 5.11 Å². The molecule has 2 heterocycles. The van der Waals surface area contributed by atoms with E-state index in [1.54, 1.807) is 29.2 Å². The number of piperazine rings is 1. The molecule has 1 aromatic rings. The molecular formula is C15H20N2O4S. The van der Waals surface area contributed by atoms with Crippen LogP contribution in [0.3, 0.4) is 0 Å². The van der Waals surface area contributed by atoms with Crippen LogP contribution in [0, 0.1) is 0 Å². The Morgan fingerprint density at radius 3 is 2.59 bits per heavy atom. The van der Waals surface area contributed by atoms with Crippen LogP contribution in [0.4, 0.5) is 0 Å². The molecule has 3 N–H and O–H groups in total. The fourth-order valence-electron chi connectivity index (χ4n) is 2.89. The van der Waals surface area contributed by atoms with Crippen molar-refractivity contribution in [2.45, 2.75) is 4.90 Å². The summed E-state index contributed by atoms with van der Waals surface area (Å²) in [6.07, 6.45) is 1.62. The lowest BCUT2D eigenvalue weighted by molar-refractivity contribution is 0.0614. The van der Waals surface area contributed by atoms with Gasteiger partial charge in [-0.2, -0.15) is 0 Å². The number of aliphatic hydroxyl groups is 1. The zero-order chi connectivity index (χ0) is 15.7. The average Bonchev–Trinajstić information content (AvgIpc) is 2.83. The van der Waals surface area contributed by atoms with E-state index >= 15 is 0 Å². The molecule has 0 atom stereocenters. The van der Waals surface area contributed by atoms with E-state index in [9.17, 15) is 13.9 Å². The molecule has 0 unspecified atom stereocenters. The minimum atomic E-state index is -2.90. The predicted octanol–water partition coefficient (Wildman–Crippen LogP) is 1.53. The number of β-amino-alcohol motifs (C(OH)–C–C–N with tert-alkyl or cyclic N) is 1. The third-order valence-corrected chi connectivity index (χ3v) is 5.64. The van der Waals surface area contributed by atoms with E-state index in [0.29, 0.717) is 35.7 Å². The number of carbonyl (C=O) groups excluding carboxylic acids is 1. The third kappa shape index (κ3) is 2.78. The van der Waals surface area contributed by atoms with Gasteiger partial charge in [0.05, 0.1) is 11.5 Å². The maximum absolute atomic E-state index is 12.7. The Hall–Kier alpha value is -1.38. The Balaban J connectivity index is 1.78. The molecule has 3 rings (SSSR count).